The maximum absolute atomic E-state index is 13.9. The van der Waals surface area contributed by atoms with E-state index in [0.29, 0.717) is 86.9 Å². The van der Waals surface area contributed by atoms with Gasteiger partial charge in [-0.1, -0.05) is 108 Å². The molecule has 10 nitrogen and oxygen atoms in total. The van der Waals surface area contributed by atoms with Gasteiger partial charge in [0.1, 0.15) is 0 Å². The van der Waals surface area contributed by atoms with E-state index in [9.17, 15) is 19.2 Å². The van der Waals surface area contributed by atoms with Gasteiger partial charge in [-0.2, -0.15) is 0 Å². The standard InChI is InChI=1S/2C28H25ClN2O3/c2*29-22-10-8-20(9-11-22)24-17-28(24)23-6-1-2-7-25(23)31(27(28)33)18-19-4-3-5-21(16-19)26(32)30-12-14-34-15-13-30/h2*1-11,16,24H,12-15,17-18H2/t2*24-,28-/m10/s1. The predicted molar refractivity (Wildman–Crippen MR) is 263 cm³/mol. The second kappa shape index (κ2) is 18.0. The van der Waals surface area contributed by atoms with E-state index in [1.54, 1.807) is 0 Å². The maximum atomic E-state index is 13.9. The number of nitrogens with zero attached hydrogens (tertiary/aromatic N) is 4. The summed E-state index contributed by atoms with van der Waals surface area (Å²) in [5, 5.41) is 1.40. The highest BCUT2D eigenvalue weighted by Gasteiger charge is 2.68. The van der Waals surface area contributed by atoms with Crippen molar-refractivity contribution < 1.29 is 28.7 Å². The van der Waals surface area contributed by atoms with E-state index in [1.807, 2.05) is 153 Å². The highest BCUT2D eigenvalue weighted by atomic mass is 35.5. The zero-order valence-electron chi connectivity index (χ0n) is 37.5. The second-order valence-corrected chi connectivity index (χ2v) is 19.5. The Bertz CT molecular complexity index is 2740. The second-order valence-electron chi connectivity index (χ2n) is 18.6. The summed E-state index contributed by atoms with van der Waals surface area (Å²) in [4.78, 5) is 61.1. The number of fused-ring (bicyclic) bond motifs is 4. The van der Waals surface area contributed by atoms with Crippen molar-refractivity contribution in [2.75, 3.05) is 62.4 Å². The molecule has 4 aliphatic heterocycles. The summed E-state index contributed by atoms with van der Waals surface area (Å²) in [6, 6.07) is 47.2. The van der Waals surface area contributed by atoms with E-state index in [4.69, 9.17) is 32.7 Å². The lowest BCUT2D eigenvalue weighted by Gasteiger charge is -2.27. The van der Waals surface area contributed by atoms with E-state index in [-0.39, 0.29) is 35.5 Å². The first kappa shape index (κ1) is 44.2. The molecule has 12 heteroatoms. The van der Waals surface area contributed by atoms with Crippen molar-refractivity contribution in [3.8, 4) is 0 Å². The van der Waals surface area contributed by atoms with Crippen LogP contribution in [-0.2, 0) is 43.0 Å². The Morgan fingerprint density at radius 3 is 1.28 bits per heavy atom. The van der Waals surface area contributed by atoms with Crippen LogP contribution in [0.3, 0.4) is 0 Å². The average Bonchev–Trinajstić information content (AvgIpc) is 4.30. The molecule has 12 rings (SSSR count). The lowest BCUT2D eigenvalue weighted by atomic mass is 9.92. The van der Waals surface area contributed by atoms with Gasteiger partial charge in [-0.15, -0.1) is 0 Å². The van der Waals surface area contributed by atoms with Crippen LogP contribution in [0.4, 0.5) is 11.4 Å². The predicted octanol–water partition coefficient (Wildman–Crippen LogP) is 9.57. The summed E-state index contributed by atoms with van der Waals surface area (Å²) in [6.07, 6.45) is 1.60. The van der Waals surface area contributed by atoms with Gasteiger partial charge in [-0.05, 0) is 107 Å². The number of carbonyl (C=O) groups is 4. The maximum Gasteiger partial charge on any atom is 0.254 e. The van der Waals surface area contributed by atoms with Gasteiger partial charge in [-0.25, -0.2) is 0 Å². The topological polar surface area (TPSA) is 99.7 Å². The van der Waals surface area contributed by atoms with Gasteiger partial charge >= 0.3 is 0 Å². The van der Waals surface area contributed by atoms with Gasteiger partial charge < -0.3 is 29.1 Å². The summed E-state index contributed by atoms with van der Waals surface area (Å²) in [7, 11) is 0. The van der Waals surface area contributed by atoms with Crippen LogP contribution in [0.1, 0.15) is 78.8 Å². The van der Waals surface area contributed by atoms with Crippen LogP contribution in [-0.4, -0.2) is 86.0 Å². The molecule has 6 aliphatic rings. The third-order valence-corrected chi connectivity index (χ3v) is 15.2. The Morgan fingerprint density at radius 2 is 0.882 bits per heavy atom. The fraction of sp³-hybridized carbons (Fsp3) is 0.286. The van der Waals surface area contributed by atoms with Crippen molar-refractivity contribution in [2.24, 2.45) is 0 Å². The first-order chi connectivity index (χ1) is 33.2. The van der Waals surface area contributed by atoms with Crippen LogP contribution in [0, 0.1) is 0 Å². The van der Waals surface area contributed by atoms with E-state index in [0.717, 1.165) is 57.6 Å². The fourth-order valence-corrected chi connectivity index (χ4v) is 11.3. The number of carbonyl (C=O) groups excluding carboxylic acids is 4. The molecule has 2 spiro atoms. The van der Waals surface area contributed by atoms with Crippen LogP contribution < -0.4 is 9.80 Å². The lowest BCUT2D eigenvalue weighted by molar-refractivity contribution is -0.121. The Hall–Kier alpha value is -6.30. The Morgan fingerprint density at radius 1 is 0.500 bits per heavy atom. The first-order valence-electron chi connectivity index (χ1n) is 23.4. The quantitative estimate of drug-likeness (QED) is 0.151. The van der Waals surface area contributed by atoms with Crippen molar-refractivity contribution in [1.29, 1.82) is 0 Å². The van der Waals surface area contributed by atoms with Crippen LogP contribution in [0.25, 0.3) is 0 Å². The van der Waals surface area contributed by atoms with Crippen molar-refractivity contribution in [2.45, 2.75) is 48.6 Å². The number of amides is 4. The minimum Gasteiger partial charge on any atom is -0.378 e. The summed E-state index contributed by atoms with van der Waals surface area (Å²) in [5.41, 5.74) is 8.60. The number of ether oxygens (including phenoxy) is 2. The molecule has 4 heterocycles. The van der Waals surface area contributed by atoms with Crippen molar-refractivity contribution in [3.05, 3.63) is 200 Å². The van der Waals surface area contributed by atoms with Crippen molar-refractivity contribution in [3.63, 3.8) is 0 Å². The molecule has 4 atom stereocenters. The van der Waals surface area contributed by atoms with E-state index >= 15 is 0 Å². The average molecular weight is 946 g/mol. The highest BCUT2D eigenvalue weighted by Crippen LogP contribution is 2.67. The Labute approximate surface area is 406 Å². The number of halogens is 2. The summed E-state index contributed by atoms with van der Waals surface area (Å²) in [5.74, 6) is 0.604. The monoisotopic (exact) mass is 944 g/mol. The lowest BCUT2D eigenvalue weighted by Crippen LogP contribution is -2.40. The molecular formula is C56H50Cl2N4O6. The number of benzene rings is 6. The molecule has 68 heavy (non-hydrogen) atoms. The van der Waals surface area contributed by atoms with Crippen LogP contribution >= 0.6 is 23.2 Å². The molecule has 0 N–H and O–H groups in total. The molecule has 0 unspecified atom stereocenters. The number of hydrogen-bond donors (Lipinski definition) is 0. The minimum absolute atomic E-state index is 0.0137. The van der Waals surface area contributed by atoms with E-state index < -0.39 is 10.8 Å². The number of morpholine rings is 2. The van der Waals surface area contributed by atoms with E-state index in [2.05, 4.69) is 12.1 Å². The molecule has 6 aromatic rings. The molecule has 344 valence electrons. The molecule has 6 aromatic carbocycles. The molecule has 2 saturated carbocycles. The molecule has 4 fully saturated rings. The zero-order chi connectivity index (χ0) is 46.6. The third-order valence-electron chi connectivity index (χ3n) is 14.7. The van der Waals surface area contributed by atoms with Crippen LogP contribution in [0.5, 0.6) is 0 Å². The first-order valence-corrected chi connectivity index (χ1v) is 24.2. The third kappa shape index (κ3) is 7.87. The Balaban J connectivity index is 0.000000149. The van der Waals surface area contributed by atoms with E-state index in [1.165, 1.54) is 0 Å². The largest absolute Gasteiger partial charge is 0.378 e. The molecule has 0 aromatic heterocycles. The molecular weight excluding hydrogens is 896 g/mol. The van der Waals surface area contributed by atoms with Crippen LogP contribution in [0.15, 0.2) is 146 Å². The smallest absolute Gasteiger partial charge is 0.254 e. The molecule has 0 bridgehead atoms. The summed E-state index contributed by atoms with van der Waals surface area (Å²) >= 11 is 12.2. The van der Waals surface area contributed by atoms with Gasteiger partial charge in [0, 0.05) is 70.6 Å². The van der Waals surface area contributed by atoms with Crippen molar-refractivity contribution >= 4 is 58.2 Å². The van der Waals surface area contributed by atoms with Gasteiger partial charge in [0.2, 0.25) is 11.8 Å². The SMILES string of the molecule is O=C(c1cccc(CN2C(=O)[C@@]3(C[C@H]3c3ccc(Cl)cc3)c3ccccc32)c1)N1CCOCC1.O=C(c1cccc(CN2C(=O)[C@]3(C[C@@H]3c3ccc(Cl)cc3)c3ccccc32)c1)N1CCOCC1. The number of para-hydroxylation sites is 2. The fourth-order valence-electron chi connectivity index (χ4n) is 11.1. The number of hydrogen-bond acceptors (Lipinski definition) is 6. The molecule has 2 saturated heterocycles. The van der Waals surface area contributed by atoms with Gasteiger partial charge in [0.05, 0.1) is 50.3 Å². The molecule has 0 radical (unpaired) electrons. The molecule has 2 aliphatic carbocycles. The Kier molecular flexibility index (Phi) is 11.7. The minimum atomic E-state index is -0.508. The summed E-state index contributed by atoms with van der Waals surface area (Å²) in [6.45, 7) is 5.59. The summed E-state index contributed by atoms with van der Waals surface area (Å²) < 4.78 is 10.7. The zero-order valence-corrected chi connectivity index (χ0v) is 39.0. The van der Waals surface area contributed by atoms with Gasteiger partial charge in [0.25, 0.3) is 11.8 Å². The highest BCUT2D eigenvalue weighted by molar-refractivity contribution is 6.30. The van der Waals surface area contributed by atoms with Crippen LogP contribution in [0.2, 0.25) is 10.0 Å². The number of rotatable bonds is 8. The normalized spacial score (nSPS) is 23.3. The van der Waals surface area contributed by atoms with Gasteiger partial charge in [0.15, 0.2) is 0 Å². The van der Waals surface area contributed by atoms with Crippen molar-refractivity contribution in [1.82, 2.24) is 9.80 Å². The van der Waals surface area contributed by atoms with Gasteiger partial charge in [-0.3, -0.25) is 19.2 Å². The number of anilines is 2. The molecule has 4 amide bonds.